The van der Waals surface area contributed by atoms with Gasteiger partial charge in [0, 0.05) is 12.2 Å². The van der Waals surface area contributed by atoms with Crippen LogP contribution in [0.5, 0.6) is 11.6 Å². The first-order valence-corrected chi connectivity index (χ1v) is 10.8. The number of nitrogens with one attached hydrogen (secondary N) is 1. The van der Waals surface area contributed by atoms with Crippen molar-refractivity contribution >= 4 is 5.82 Å². The van der Waals surface area contributed by atoms with Crippen molar-refractivity contribution in [2.45, 2.75) is 58.0 Å². The first kappa shape index (κ1) is 22.8. The number of aromatic hydroxyl groups is 1. The lowest BCUT2D eigenvalue weighted by Crippen LogP contribution is -2.25. The molecule has 0 saturated heterocycles. The van der Waals surface area contributed by atoms with Gasteiger partial charge in [0.25, 0.3) is 0 Å². The van der Waals surface area contributed by atoms with E-state index >= 15 is 0 Å². The van der Waals surface area contributed by atoms with E-state index in [-0.39, 0.29) is 18.1 Å². The van der Waals surface area contributed by atoms with E-state index in [0.717, 1.165) is 40.9 Å². The Balaban J connectivity index is 1.56. The normalized spacial score (nSPS) is 14.9. The standard InChI is InChI=1S/C23H25F3N4O3/c1-15-21(31)30(18-7-9-19(10-8-18)33-23(24,25)26)22(32)29(15)14-16-11-12-27-20(13-16)28-17-5-3-2-4-6-17/h7-13,17,31H,2-6,14H2,1H3,(H,27,28). The summed E-state index contributed by atoms with van der Waals surface area (Å²) in [6.07, 6.45) is 2.73. The number of benzene rings is 1. The summed E-state index contributed by atoms with van der Waals surface area (Å²) in [6.45, 7) is 1.82. The Bertz CT molecular complexity index is 1160. The summed E-state index contributed by atoms with van der Waals surface area (Å²) in [6, 6.07) is 8.82. The highest BCUT2D eigenvalue weighted by atomic mass is 19.4. The molecule has 0 atom stereocenters. The van der Waals surface area contributed by atoms with Crippen molar-refractivity contribution in [2.75, 3.05) is 5.32 Å². The van der Waals surface area contributed by atoms with Crippen molar-refractivity contribution in [3.05, 3.63) is 64.3 Å². The van der Waals surface area contributed by atoms with Gasteiger partial charge in [-0.25, -0.2) is 14.3 Å². The highest BCUT2D eigenvalue weighted by Crippen LogP contribution is 2.26. The third-order valence-electron chi connectivity index (χ3n) is 5.81. The molecule has 0 unspecified atom stereocenters. The Hall–Kier alpha value is -3.43. The molecular weight excluding hydrogens is 437 g/mol. The van der Waals surface area contributed by atoms with Gasteiger partial charge in [0.2, 0.25) is 5.88 Å². The van der Waals surface area contributed by atoms with Crippen molar-refractivity contribution in [3.63, 3.8) is 0 Å². The van der Waals surface area contributed by atoms with Crippen LogP contribution in [0.25, 0.3) is 5.69 Å². The Morgan fingerprint density at radius 2 is 1.85 bits per heavy atom. The van der Waals surface area contributed by atoms with Crippen molar-refractivity contribution in [2.24, 2.45) is 0 Å². The third kappa shape index (κ3) is 5.32. The van der Waals surface area contributed by atoms with E-state index in [4.69, 9.17) is 0 Å². The van der Waals surface area contributed by atoms with Crippen molar-refractivity contribution in [3.8, 4) is 17.3 Å². The maximum Gasteiger partial charge on any atom is 0.573 e. The van der Waals surface area contributed by atoms with E-state index in [1.807, 2.05) is 6.07 Å². The minimum atomic E-state index is -4.81. The minimum Gasteiger partial charge on any atom is -0.493 e. The summed E-state index contributed by atoms with van der Waals surface area (Å²) < 4.78 is 43.5. The van der Waals surface area contributed by atoms with E-state index in [1.165, 1.54) is 36.0 Å². The van der Waals surface area contributed by atoms with Gasteiger partial charge >= 0.3 is 12.1 Å². The zero-order valence-electron chi connectivity index (χ0n) is 18.1. The highest BCUT2D eigenvalue weighted by molar-refractivity contribution is 5.42. The molecule has 176 valence electrons. The van der Waals surface area contributed by atoms with Crippen molar-refractivity contribution in [1.29, 1.82) is 0 Å². The van der Waals surface area contributed by atoms with Crippen LogP contribution in [0.3, 0.4) is 0 Å². The maximum atomic E-state index is 13.1. The van der Waals surface area contributed by atoms with Crippen LogP contribution >= 0.6 is 0 Å². The lowest BCUT2D eigenvalue weighted by molar-refractivity contribution is -0.274. The Kier molecular flexibility index (Phi) is 6.35. The van der Waals surface area contributed by atoms with E-state index in [1.54, 1.807) is 19.2 Å². The SMILES string of the molecule is Cc1c(O)n(-c2ccc(OC(F)(F)F)cc2)c(=O)n1Cc1ccnc(NC2CCCCC2)c1. The van der Waals surface area contributed by atoms with E-state index in [2.05, 4.69) is 15.0 Å². The molecule has 0 spiro atoms. The number of alkyl halides is 3. The van der Waals surface area contributed by atoms with Crippen LogP contribution in [0.15, 0.2) is 47.4 Å². The Morgan fingerprint density at radius 3 is 2.52 bits per heavy atom. The molecular formula is C23H25F3N4O3. The summed E-state index contributed by atoms with van der Waals surface area (Å²) >= 11 is 0. The van der Waals surface area contributed by atoms with Crippen LogP contribution in [0.4, 0.5) is 19.0 Å². The predicted molar refractivity (Wildman–Crippen MR) is 117 cm³/mol. The second-order valence-corrected chi connectivity index (χ2v) is 8.18. The monoisotopic (exact) mass is 462 g/mol. The van der Waals surface area contributed by atoms with Crippen LogP contribution in [-0.2, 0) is 6.54 Å². The van der Waals surface area contributed by atoms with Gasteiger partial charge in [-0.3, -0.25) is 4.57 Å². The molecule has 1 aromatic carbocycles. The molecule has 1 aliphatic carbocycles. The number of hydrogen-bond donors (Lipinski definition) is 2. The number of nitrogens with zero attached hydrogens (tertiary/aromatic N) is 3. The number of aromatic nitrogens is 3. The summed E-state index contributed by atoms with van der Waals surface area (Å²) in [5.74, 6) is 0.0536. The third-order valence-corrected chi connectivity index (χ3v) is 5.81. The van der Waals surface area contributed by atoms with Gasteiger partial charge in [-0.2, -0.15) is 0 Å². The van der Waals surface area contributed by atoms with Gasteiger partial charge in [0.1, 0.15) is 11.6 Å². The van der Waals surface area contributed by atoms with Gasteiger partial charge in [-0.1, -0.05) is 19.3 Å². The summed E-state index contributed by atoms with van der Waals surface area (Å²) in [4.78, 5) is 17.4. The van der Waals surface area contributed by atoms with Crippen molar-refractivity contribution in [1.82, 2.24) is 14.1 Å². The first-order valence-electron chi connectivity index (χ1n) is 10.8. The van der Waals surface area contributed by atoms with E-state index in [9.17, 15) is 23.1 Å². The number of hydrogen-bond acceptors (Lipinski definition) is 5. The first-order chi connectivity index (χ1) is 15.7. The molecule has 1 fully saturated rings. The fourth-order valence-electron chi connectivity index (χ4n) is 4.14. The number of ether oxygens (including phenoxy) is 1. The molecule has 0 radical (unpaired) electrons. The minimum absolute atomic E-state index is 0.211. The van der Waals surface area contributed by atoms with Crippen molar-refractivity contribution < 1.29 is 23.0 Å². The smallest absolute Gasteiger partial charge is 0.493 e. The second-order valence-electron chi connectivity index (χ2n) is 8.18. The molecule has 2 aromatic heterocycles. The lowest BCUT2D eigenvalue weighted by Gasteiger charge is -2.23. The Labute approximate surface area is 188 Å². The van der Waals surface area contributed by atoms with E-state index in [0.29, 0.717) is 11.7 Å². The maximum absolute atomic E-state index is 13.1. The average Bonchev–Trinajstić information content (AvgIpc) is 2.98. The fraction of sp³-hybridized carbons (Fsp3) is 0.391. The summed E-state index contributed by atoms with van der Waals surface area (Å²) in [7, 11) is 0. The van der Waals surface area contributed by atoms with E-state index < -0.39 is 17.8 Å². The van der Waals surface area contributed by atoms with Gasteiger partial charge in [-0.15, -0.1) is 13.2 Å². The zero-order chi connectivity index (χ0) is 23.6. The molecule has 33 heavy (non-hydrogen) atoms. The molecule has 1 saturated carbocycles. The second kappa shape index (κ2) is 9.21. The van der Waals surface area contributed by atoms with Crippen LogP contribution in [0.1, 0.15) is 43.4 Å². The summed E-state index contributed by atoms with van der Waals surface area (Å²) in [5, 5.41) is 14.0. The topological polar surface area (TPSA) is 81.3 Å². The highest BCUT2D eigenvalue weighted by Gasteiger charge is 2.31. The number of rotatable bonds is 6. The molecule has 0 amide bonds. The molecule has 4 rings (SSSR count). The van der Waals surface area contributed by atoms with Crippen LogP contribution < -0.4 is 15.7 Å². The van der Waals surface area contributed by atoms with Gasteiger partial charge in [0.15, 0.2) is 0 Å². The molecule has 3 aromatic rings. The molecule has 0 aliphatic heterocycles. The number of pyridine rings is 1. The molecule has 2 N–H and O–H groups in total. The largest absolute Gasteiger partial charge is 0.573 e. The fourth-order valence-corrected chi connectivity index (χ4v) is 4.14. The van der Waals surface area contributed by atoms with Crippen LogP contribution in [-0.4, -0.2) is 31.6 Å². The lowest BCUT2D eigenvalue weighted by atomic mass is 9.95. The quantitative estimate of drug-likeness (QED) is 0.553. The number of anilines is 1. The zero-order valence-corrected chi connectivity index (χ0v) is 18.1. The van der Waals surface area contributed by atoms with Gasteiger partial charge < -0.3 is 15.2 Å². The summed E-state index contributed by atoms with van der Waals surface area (Å²) in [5.41, 5.74) is 0.894. The average molecular weight is 462 g/mol. The predicted octanol–water partition coefficient (Wildman–Crippen LogP) is 4.74. The molecule has 1 aliphatic rings. The Morgan fingerprint density at radius 1 is 1.15 bits per heavy atom. The molecule has 7 nitrogen and oxygen atoms in total. The van der Waals surface area contributed by atoms with Gasteiger partial charge in [0.05, 0.1) is 17.9 Å². The van der Waals surface area contributed by atoms with Crippen LogP contribution in [0.2, 0.25) is 0 Å². The molecule has 10 heteroatoms. The number of imidazole rings is 1. The van der Waals surface area contributed by atoms with Gasteiger partial charge in [-0.05, 0) is 61.7 Å². The molecule has 2 heterocycles. The van der Waals surface area contributed by atoms with Crippen LogP contribution in [0, 0.1) is 6.92 Å². The molecule has 0 bridgehead atoms. The number of halogens is 3.